The smallest absolute Gasteiger partial charge is 0.411 e. The van der Waals surface area contributed by atoms with Gasteiger partial charge >= 0.3 is 5.13 Å². The molecule has 0 radical (unpaired) electrons. The van der Waals surface area contributed by atoms with Crippen molar-refractivity contribution >= 4 is 33.1 Å². The molecule has 5 nitrogen and oxygen atoms in total. The van der Waals surface area contributed by atoms with E-state index in [0.29, 0.717) is 0 Å². The number of nitrogens with zero attached hydrogens (tertiary/aromatic N) is 3. The van der Waals surface area contributed by atoms with Crippen LogP contribution in [-0.4, -0.2) is 12.1 Å². The monoisotopic (exact) mass is 384 g/mol. The van der Waals surface area contributed by atoms with Gasteiger partial charge in [0.2, 0.25) is 5.06 Å². The molecule has 0 unspecified atom stereocenters. The van der Waals surface area contributed by atoms with E-state index in [4.69, 9.17) is 4.74 Å². The zero-order valence-corrected chi connectivity index (χ0v) is 15.9. The van der Waals surface area contributed by atoms with Gasteiger partial charge in [0.15, 0.2) is 0 Å². The molecule has 26 heavy (non-hydrogen) atoms. The summed E-state index contributed by atoms with van der Waals surface area (Å²) >= 11 is 1.46. The van der Waals surface area contributed by atoms with Crippen molar-refractivity contribution in [1.82, 2.24) is 4.98 Å². The third kappa shape index (κ3) is 3.34. The predicted molar refractivity (Wildman–Crippen MR) is 100.0 cm³/mol. The first kappa shape index (κ1) is 18.1. The van der Waals surface area contributed by atoms with Crippen molar-refractivity contribution in [2.45, 2.75) is 0 Å². The molecule has 7 heteroatoms. The third-order valence-electron chi connectivity index (χ3n) is 3.97. The van der Waals surface area contributed by atoms with Crippen LogP contribution in [0.4, 0.5) is 10.8 Å². The number of fused-ring (bicyclic) bond motifs is 1. The molecule has 132 valence electrons. The molecule has 2 aromatic carbocycles. The van der Waals surface area contributed by atoms with Gasteiger partial charge in [0.25, 0.3) is 0 Å². The summed E-state index contributed by atoms with van der Waals surface area (Å²) in [5.41, 5.74) is 3.94. The Hall–Kier alpha value is -2.70. The maximum absolute atomic E-state index is 5.27. The Balaban J connectivity index is 0.00000196. The Morgan fingerprint density at radius 3 is 2.46 bits per heavy atom. The number of aryl methyl sites for hydroxylation is 1. The fourth-order valence-electron chi connectivity index (χ4n) is 2.72. The number of H-pyrrole nitrogens is 1. The summed E-state index contributed by atoms with van der Waals surface area (Å²) in [5, 5.41) is 11.7. The summed E-state index contributed by atoms with van der Waals surface area (Å²) < 4.78 is 7.17. The second kappa shape index (κ2) is 7.68. The first-order valence-electron chi connectivity index (χ1n) is 7.87. The predicted octanol–water partition coefficient (Wildman–Crippen LogP) is 2.15. The van der Waals surface area contributed by atoms with E-state index in [1.54, 1.807) is 7.11 Å². The van der Waals surface area contributed by atoms with Gasteiger partial charge in [-0.3, -0.25) is 0 Å². The number of nitrogens with one attached hydrogen (secondary N) is 1. The Bertz CT molecular complexity index is 1060. The lowest BCUT2D eigenvalue weighted by molar-refractivity contribution is -0.654. The second-order valence-corrected chi connectivity index (χ2v) is 6.58. The molecule has 0 spiro atoms. The normalized spacial score (nSPS) is 11.0. The second-order valence-electron chi connectivity index (χ2n) is 5.61. The van der Waals surface area contributed by atoms with Gasteiger partial charge in [0.05, 0.1) is 25.0 Å². The molecule has 0 saturated carbocycles. The zero-order chi connectivity index (χ0) is 17.2. The van der Waals surface area contributed by atoms with Gasteiger partial charge in [-0.2, -0.15) is 0 Å². The average Bonchev–Trinajstić information content (AvgIpc) is 3.21. The van der Waals surface area contributed by atoms with E-state index >= 15 is 0 Å². The summed E-state index contributed by atoms with van der Waals surface area (Å²) in [4.78, 5) is 3.47. The molecule has 0 aliphatic rings. The number of methoxy groups -OCH3 is 1. The van der Waals surface area contributed by atoms with E-state index in [-0.39, 0.29) is 12.4 Å². The SMILES string of the molecule is COc1c[n+](C)c(N=Nc2c(-c3ccccc3)[nH]c3ccccc23)s1.[Cl-]. The van der Waals surface area contributed by atoms with Gasteiger partial charge in [-0.05, 0) is 22.5 Å². The van der Waals surface area contributed by atoms with E-state index < -0.39 is 0 Å². The number of aromatic nitrogens is 2. The van der Waals surface area contributed by atoms with Crippen LogP contribution in [0.5, 0.6) is 5.06 Å². The minimum Gasteiger partial charge on any atom is -1.00 e. The maximum Gasteiger partial charge on any atom is 0.411 e. The lowest BCUT2D eigenvalue weighted by Gasteiger charge is -1.97. The lowest BCUT2D eigenvalue weighted by atomic mass is 10.1. The van der Waals surface area contributed by atoms with Gasteiger partial charge < -0.3 is 22.1 Å². The van der Waals surface area contributed by atoms with Crippen LogP contribution in [0.15, 0.2) is 71.0 Å². The number of azo groups is 1. The molecule has 2 heterocycles. The van der Waals surface area contributed by atoms with Crippen molar-refractivity contribution in [2.75, 3.05) is 7.11 Å². The van der Waals surface area contributed by atoms with E-state index in [1.165, 1.54) is 11.3 Å². The van der Waals surface area contributed by atoms with Crippen LogP contribution in [0, 0.1) is 0 Å². The zero-order valence-electron chi connectivity index (χ0n) is 14.3. The van der Waals surface area contributed by atoms with Crippen molar-refractivity contribution < 1.29 is 21.7 Å². The van der Waals surface area contributed by atoms with Crippen molar-refractivity contribution in [2.24, 2.45) is 17.3 Å². The Labute approximate surface area is 161 Å². The highest BCUT2D eigenvalue weighted by Gasteiger charge is 2.17. The van der Waals surface area contributed by atoms with Crippen LogP contribution in [0.3, 0.4) is 0 Å². The minimum absolute atomic E-state index is 0. The first-order chi connectivity index (χ1) is 12.3. The number of aromatic amines is 1. The Kier molecular flexibility index (Phi) is 5.35. The van der Waals surface area contributed by atoms with E-state index in [9.17, 15) is 0 Å². The van der Waals surface area contributed by atoms with Crippen LogP contribution >= 0.6 is 11.3 Å². The van der Waals surface area contributed by atoms with Crippen LogP contribution < -0.4 is 21.7 Å². The van der Waals surface area contributed by atoms with Crippen LogP contribution in [0.1, 0.15) is 0 Å². The molecule has 0 fully saturated rings. The topological polar surface area (TPSA) is 53.6 Å². The van der Waals surface area contributed by atoms with Crippen LogP contribution in [-0.2, 0) is 7.05 Å². The maximum atomic E-state index is 5.27. The van der Waals surface area contributed by atoms with Crippen molar-refractivity contribution in [1.29, 1.82) is 0 Å². The number of halogens is 1. The Morgan fingerprint density at radius 1 is 1.00 bits per heavy atom. The summed E-state index contributed by atoms with van der Waals surface area (Å²) in [6.45, 7) is 0. The molecular weight excluding hydrogens is 368 g/mol. The van der Waals surface area contributed by atoms with Gasteiger partial charge in [-0.15, -0.1) is 0 Å². The largest absolute Gasteiger partial charge is 1.00 e. The number of para-hydroxylation sites is 1. The number of ether oxygens (including phenoxy) is 1. The highest BCUT2D eigenvalue weighted by molar-refractivity contribution is 7.16. The number of thiazole rings is 1. The van der Waals surface area contributed by atoms with E-state index in [1.807, 2.05) is 48.1 Å². The van der Waals surface area contributed by atoms with E-state index in [2.05, 4.69) is 39.5 Å². The highest BCUT2D eigenvalue weighted by Crippen LogP contribution is 2.38. The highest BCUT2D eigenvalue weighted by atomic mass is 35.5. The average molecular weight is 385 g/mol. The first-order valence-corrected chi connectivity index (χ1v) is 8.69. The quantitative estimate of drug-likeness (QED) is 0.425. The fraction of sp³-hybridized carbons (Fsp3) is 0.105. The van der Waals surface area contributed by atoms with Crippen molar-refractivity contribution in [3.63, 3.8) is 0 Å². The molecule has 4 aromatic rings. The third-order valence-corrected chi connectivity index (χ3v) is 5.00. The van der Waals surface area contributed by atoms with Gasteiger partial charge in [0.1, 0.15) is 11.9 Å². The Morgan fingerprint density at radius 2 is 1.73 bits per heavy atom. The number of benzene rings is 2. The summed E-state index contributed by atoms with van der Waals surface area (Å²) in [6, 6.07) is 18.3. The van der Waals surface area contributed by atoms with E-state index in [0.717, 1.165) is 38.0 Å². The van der Waals surface area contributed by atoms with Crippen molar-refractivity contribution in [3.8, 4) is 16.3 Å². The van der Waals surface area contributed by atoms with Crippen molar-refractivity contribution in [3.05, 3.63) is 60.8 Å². The summed E-state index contributed by atoms with van der Waals surface area (Å²) in [6.07, 6.45) is 1.90. The lowest BCUT2D eigenvalue weighted by Crippen LogP contribution is -3.00. The number of hydrogen-bond acceptors (Lipinski definition) is 4. The molecule has 1 N–H and O–H groups in total. The van der Waals surface area contributed by atoms with Gasteiger partial charge in [0, 0.05) is 16.5 Å². The molecule has 0 saturated heterocycles. The van der Waals surface area contributed by atoms with Crippen LogP contribution in [0.25, 0.3) is 22.2 Å². The molecule has 2 aromatic heterocycles. The number of hydrogen-bond donors (Lipinski definition) is 1. The molecular formula is C19H17ClN4OS. The van der Waals surface area contributed by atoms with Crippen LogP contribution in [0.2, 0.25) is 0 Å². The molecule has 4 rings (SSSR count). The van der Waals surface area contributed by atoms with Gasteiger partial charge in [-0.1, -0.05) is 48.5 Å². The summed E-state index contributed by atoms with van der Waals surface area (Å²) in [5.74, 6) is 0. The molecule has 0 aliphatic carbocycles. The van der Waals surface area contributed by atoms with Gasteiger partial charge in [-0.25, -0.2) is 4.57 Å². The number of rotatable bonds is 4. The standard InChI is InChI=1S/C19H16N4OS.ClH/c1-23-12-16(24-2)25-19(23)22-21-18-14-10-6-7-11-15(14)20-17(18)13-8-4-3-5-9-13;/h3-12H,1-2H3;1H. The molecule has 0 atom stereocenters. The fourth-order valence-corrected chi connectivity index (χ4v) is 3.48. The summed E-state index contributed by atoms with van der Waals surface area (Å²) in [7, 11) is 3.58. The minimum atomic E-state index is 0. The molecule has 0 amide bonds. The molecule has 0 aliphatic heterocycles. The molecule has 0 bridgehead atoms.